The normalized spacial score (nSPS) is 12.9. The molecule has 0 fully saturated rings. The Morgan fingerprint density at radius 3 is 2.36 bits per heavy atom. The van der Waals surface area contributed by atoms with E-state index < -0.39 is 30.1 Å². The quantitative estimate of drug-likeness (QED) is 0.452. The second kappa shape index (κ2) is 10.4. The van der Waals surface area contributed by atoms with Crippen molar-refractivity contribution in [2.24, 2.45) is 5.92 Å². The molecule has 0 aliphatic heterocycles. The first-order valence-corrected chi connectivity index (χ1v) is 7.91. The molecule has 1 amide bonds. The lowest BCUT2D eigenvalue weighted by Crippen LogP contribution is -2.27. The molecule has 0 spiro atoms. The van der Waals surface area contributed by atoms with E-state index in [0.29, 0.717) is 12.2 Å². The van der Waals surface area contributed by atoms with Crippen molar-refractivity contribution in [3.05, 3.63) is 35.4 Å². The predicted octanol–water partition coefficient (Wildman–Crippen LogP) is 1.33. The van der Waals surface area contributed by atoms with Crippen LogP contribution in [0, 0.1) is 5.92 Å². The van der Waals surface area contributed by atoms with E-state index in [-0.39, 0.29) is 19.3 Å². The average molecular weight is 353 g/mol. The third kappa shape index (κ3) is 7.77. The van der Waals surface area contributed by atoms with Crippen LogP contribution in [0.2, 0.25) is 0 Å². The van der Waals surface area contributed by atoms with Gasteiger partial charge in [-0.2, -0.15) is 5.48 Å². The number of hydrogen-bond acceptors (Lipinski definition) is 6. The predicted molar refractivity (Wildman–Crippen MR) is 87.0 cm³/mol. The second-order valence-corrected chi connectivity index (χ2v) is 5.45. The number of aliphatic hydroxyl groups excluding tert-OH is 1. The van der Waals surface area contributed by atoms with Crippen molar-refractivity contribution >= 4 is 17.8 Å². The monoisotopic (exact) mass is 353 g/mol. The SMILES string of the molecule is CCOC(O)c1ccc(CC(CCC(=O)NOC(C)=O)C(=O)O)cc1. The Bertz CT molecular complexity index is 585. The van der Waals surface area contributed by atoms with Gasteiger partial charge in [0.2, 0.25) is 0 Å². The van der Waals surface area contributed by atoms with Gasteiger partial charge in [-0.15, -0.1) is 0 Å². The van der Waals surface area contributed by atoms with Crippen LogP contribution in [-0.2, 0) is 30.4 Å². The molecule has 138 valence electrons. The van der Waals surface area contributed by atoms with Crippen LogP contribution >= 0.6 is 0 Å². The zero-order chi connectivity index (χ0) is 18.8. The summed E-state index contributed by atoms with van der Waals surface area (Å²) in [5.74, 6) is -2.99. The number of amides is 1. The summed E-state index contributed by atoms with van der Waals surface area (Å²) >= 11 is 0. The number of hydroxylamine groups is 1. The molecule has 2 unspecified atom stereocenters. The zero-order valence-corrected chi connectivity index (χ0v) is 14.2. The van der Waals surface area contributed by atoms with E-state index in [1.54, 1.807) is 31.2 Å². The summed E-state index contributed by atoms with van der Waals surface area (Å²) in [6.45, 7) is 3.29. The van der Waals surface area contributed by atoms with Gasteiger partial charge in [0.25, 0.3) is 5.91 Å². The van der Waals surface area contributed by atoms with Crippen LogP contribution in [0.5, 0.6) is 0 Å². The van der Waals surface area contributed by atoms with Crippen molar-refractivity contribution in [2.75, 3.05) is 6.61 Å². The highest BCUT2D eigenvalue weighted by Gasteiger charge is 2.20. The van der Waals surface area contributed by atoms with Gasteiger partial charge in [0.1, 0.15) is 0 Å². The fraction of sp³-hybridized carbons (Fsp3) is 0.471. The maximum atomic E-state index is 11.5. The van der Waals surface area contributed by atoms with Crippen molar-refractivity contribution in [2.45, 2.75) is 39.4 Å². The minimum Gasteiger partial charge on any atom is -0.481 e. The number of aliphatic carboxylic acids is 1. The van der Waals surface area contributed by atoms with Gasteiger partial charge in [-0.25, -0.2) is 0 Å². The second-order valence-electron chi connectivity index (χ2n) is 5.45. The van der Waals surface area contributed by atoms with Gasteiger partial charge in [-0.1, -0.05) is 24.3 Å². The van der Waals surface area contributed by atoms with E-state index in [1.807, 2.05) is 5.48 Å². The first-order valence-electron chi connectivity index (χ1n) is 7.91. The maximum absolute atomic E-state index is 11.5. The Hall–Kier alpha value is -2.45. The fourth-order valence-corrected chi connectivity index (χ4v) is 2.15. The molecule has 0 saturated carbocycles. The summed E-state index contributed by atoms with van der Waals surface area (Å²) in [6.07, 6.45) is -0.752. The number of carbonyl (C=O) groups is 3. The van der Waals surface area contributed by atoms with E-state index in [0.717, 1.165) is 12.5 Å². The molecule has 25 heavy (non-hydrogen) atoms. The number of benzene rings is 1. The van der Waals surface area contributed by atoms with Crippen molar-refractivity contribution in [1.82, 2.24) is 5.48 Å². The number of aliphatic hydroxyl groups is 1. The zero-order valence-electron chi connectivity index (χ0n) is 14.2. The van der Waals surface area contributed by atoms with Crippen LogP contribution in [0.3, 0.4) is 0 Å². The minimum atomic E-state index is -1.02. The third-order valence-corrected chi connectivity index (χ3v) is 3.45. The lowest BCUT2D eigenvalue weighted by Gasteiger charge is -2.14. The van der Waals surface area contributed by atoms with Gasteiger partial charge < -0.3 is 19.8 Å². The molecule has 8 heteroatoms. The van der Waals surface area contributed by atoms with E-state index in [9.17, 15) is 24.6 Å². The summed E-state index contributed by atoms with van der Waals surface area (Å²) in [5, 5.41) is 19.0. The van der Waals surface area contributed by atoms with Crippen LogP contribution in [0.1, 0.15) is 44.1 Å². The molecule has 0 saturated heterocycles. The molecule has 2 atom stereocenters. The number of ether oxygens (including phenoxy) is 1. The molecule has 1 aromatic rings. The Kier molecular flexibility index (Phi) is 8.59. The summed E-state index contributed by atoms with van der Waals surface area (Å²) in [7, 11) is 0. The molecular weight excluding hydrogens is 330 g/mol. The van der Waals surface area contributed by atoms with Crippen LogP contribution in [0.25, 0.3) is 0 Å². The van der Waals surface area contributed by atoms with Gasteiger partial charge in [-0.05, 0) is 25.3 Å². The highest BCUT2D eigenvalue weighted by Crippen LogP contribution is 2.19. The van der Waals surface area contributed by atoms with E-state index >= 15 is 0 Å². The standard InChI is InChI=1S/C17H23NO7/c1-3-24-17(23)13-6-4-12(5-7-13)10-14(16(21)22)8-9-15(20)18-25-11(2)19/h4-7,14,17,23H,3,8-10H2,1-2H3,(H,18,20)(H,21,22). The fourth-order valence-electron chi connectivity index (χ4n) is 2.15. The van der Waals surface area contributed by atoms with Crippen molar-refractivity contribution in [1.29, 1.82) is 0 Å². The van der Waals surface area contributed by atoms with Gasteiger partial charge >= 0.3 is 11.9 Å². The Morgan fingerprint density at radius 2 is 1.84 bits per heavy atom. The minimum absolute atomic E-state index is 0.0780. The Morgan fingerprint density at radius 1 is 1.20 bits per heavy atom. The van der Waals surface area contributed by atoms with Crippen LogP contribution in [0.4, 0.5) is 0 Å². The summed E-state index contributed by atoms with van der Waals surface area (Å²) in [6, 6.07) is 6.77. The smallest absolute Gasteiger partial charge is 0.329 e. The maximum Gasteiger partial charge on any atom is 0.329 e. The van der Waals surface area contributed by atoms with Crippen molar-refractivity contribution < 1.29 is 34.2 Å². The molecule has 1 aromatic carbocycles. The average Bonchev–Trinajstić information content (AvgIpc) is 2.57. The highest BCUT2D eigenvalue weighted by molar-refractivity contribution is 5.78. The molecule has 0 bridgehead atoms. The van der Waals surface area contributed by atoms with Crippen LogP contribution in [0.15, 0.2) is 24.3 Å². The van der Waals surface area contributed by atoms with E-state index in [4.69, 9.17) is 4.74 Å². The van der Waals surface area contributed by atoms with Gasteiger partial charge in [0.05, 0.1) is 5.92 Å². The topological polar surface area (TPSA) is 122 Å². The van der Waals surface area contributed by atoms with Crippen LogP contribution in [-0.4, -0.2) is 34.7 Å². The van der Waals surface area contributed by atoms with E-state index in [1.165, 1.54) is 0 Å². The van der Waals surface area contributed by atoms with Gasteiger partial charge in [-0.3, -0.25) is 14.4 Å². The largest absolute Gasteiger partial charge is 0.481 e. The molecule has 0 radical (unpaired) electrons. The molecular formula is C17H23NO7. The lowest BCUT2D eigenvalue weighted by atomic mass is 9.94. The van der Waals surface area contributed by atoms with E-state index in [2.05, 4.69) is 4.84 Å². The lowest BCUT2D eigenvalue weighted by molar-refractivity contribution is -0.156. The van der Waals surface area contributed by atoms with Crippen LogP contribution < -0.4 is 5.48 Å². The Labute approximate surface area is 145 Å². The first-order chi connectivity index (χ1) is 11.8. The Balaban J connectivity index is 2.58. The summed E-state index contributed by atoms with van der Waals surface area (Å²) in [5.41, 5.74) is 3.29. The molecule has 8 nitrogen and oxygen atoms in total. The number of hydrogen-bond donors (Lipinski definition) is 3. The molecule has 0 aliphatic rings. The van der Waals surface area contributed by atoms with Crippen molar-refractivity contribution in [3.63, 3.8) is 0 Å². The molecule has 3 N–H and O–H groups in total. The summed E-state index contributed by atoms with van der Waals surface area (Å²) < 4.78 is 5.07. The third-order valence-electron chi connectivity index (χ3n) is 3.45. The highest BCUT2D eigenvalue weighted by atomic mass is 16.7. The molecule has 1 rings (SSSR count). The molecule has 0 aliphatic carbocycles. The first kappa shape index (κ1) is 20.6. The van der Waals surface area contributed by atoms with Gasteiger partial charge in [0.15, 0.2) is 6.29 Å². The number of carbonyl (C=O) groups excluding carboxylic acids is 2. The van der Waals surface area contributed by atoms with Gasteiger partial charge in [0, 0.05) is 25.5 Å². The van der Waals surface area contributed by atoms with Crippen molar-refractivity contribution in [3.8, 4) is 0 Å². The summed E-state index contributed by atoms with van der Waals surface area (Å²) in [4.78, 5) is 37.8. The number of carboxylic acids is 1. The number of rotatable bonds is 9. The number of carboxylic acid groups (broad SMARTS) is 1. The molecule has 0 heterocycles. The molecule has 0 aromatic heterocycles. The number of nitrogens with one attached hydrogen (secondary N) is 1.